The van der Waals surface area contributed by atoms with Crippen LogP contribution in [0.1, 0.15) is 12.0 Å². The molecule has 1 aromatic rings. The third kappa shape index (κ3) is 3.56. The molecule has 0 aromatic heterocycles. The number of anilines is 1. The molecule has 7 heteroatoms. The van der Waals surface area contributed by atoms with Gasteiger partial charge in [-0.25, -0.2) is 13.1 Å². The van der Waals surface area contributed by atoms with Crippen LogP contribution >= 0.6 is 0 Å². The molecule has 0 bridgehead atoms. The molecule has 1 amide bonds. The largest absolute Gasteiger partial charge is 0.339 e. The third-order valence-corrected chi connectivity index (χ3v) is 4.66. The zero-order chi connectivity index (χ0) is 14.8. The summed E-state index contributed by atoms with van der Waals surface area (Å²) in [4.78, 5) is 12.7. The van der Waals surface area contributed by atoms with Crippen LogP contribution < -0.4 is 14.9 Å². The van der Waals surface area contributed by atoms with Gasteiger partial charge in [0.05, 0.1) is 32.1 Å². The second kappa shape index (κ2) is 5.90. The topological polar surface area (TPSA) is 79.7 Å². The molecule has 0 saturated heterocycles. The Labute approximate surface area is 119 Å². The molecule has 110 valence electrons. The predicted molar refractivity (Wildman–Crippen MR) is 76.3 cm³/mol. The lowest BCUT2D eigenvalue weighted by atomic mass is 10.0. The number of carbonyl (C=O) groups excluding carboxylic acids is 1. The number of benzene rings is 1. The molecule has 0 fully saturated rings. The van der Waals surface area contributed by atoms with E-state index in [1.165, 1.54) is 11.0 Å². The number of quaternary nitrogens is 1. The van der Waals surface area contributed by atoms with Gasteiger partial charge in [0.15, 0.2) is 0 Å². The van der Waals surface area contributed by atoms with Crippen LogP contribution in [0.4, 0.5) is 5.69 Å². The third-order valence-electron chi connectivity index (χ3n) is 3.20. The van der Waals surface area contributed by atoms with Crippen molar-refractivity contribution in [1.82, 2.24) is 4.72 Å². The molecular formula is C13H20N3O3S+. The summed E-state index contributed by atoms with van der Waals surface area (Å²) in [6, 6.07) is 4.81. The fourth-order valence-electron chi connectivity index (χ4n) is 2.05. The molecule has 0 spiro atoms. The molecule has 6 nitrogen and oxygen atoms in total. The van der Waals surface area contributed by atoms with E-state index in [1.54, 1.807) is 12.1 Å². The van der Waals surface area contributed by atoms with Crippen molar-refractivity contribution in [3.63, 3.8) is 0 Å². The summed E-state index contributed by atoms with van der Waals surface area (Å²) in [6.07, 6.45) is 0.973. The van der Waals surface area contributed by atoms with Crippen LogP contribution in [0.3, 0.4) is 0 Å². The van der Waals surface area contributed by atoms with Crippen LogP contribution in [-0.4, -0.2) is 41.5 Å². The maximum Gasteiger partial charge on any atom is 0.240 e. The number of aryl methyl sites for hydroxylation is 1. The quantitative estimate of drug-likeness (QED) is 0.652. The Morgan fingerprint density at radius 3 is 2.75 bits per heavy atom. The van der Waals surface area contributed by atoms with Crippen molar-refractivity contribution < 1.29 is 18.1 Å². The van der Waals surface area contributed by atoms with Gasteiger partial charge in [0.25, 0.3) is 0 Å². The Morgan fingerprint density at radius 1 is 1.30 bits per heavy atom. The van der Waals surface area contributed by atoms with E-state index in [-0.39, 0.29) is 10.8 Å². The molecule has 1 aliphatic rings. The number of hydrogen-bond donors (Lipinski definition) is 3. The van der Waals surface area contributed by atoms with E-state index >= 15 is 0 Å². The van der Waals surface area contributed by atoms with Crippen molar-refractivity contribution in [3.8, 4) is 0 Å². The zero-order valence-corrected chi connectivity index (χ0v) is 12.5. The smallest absolute Gasteiger partial charge is 0.240 e. The molecule has 0 atom stereocenters. The monoisotopic (exact) mass is 298 g/mol. The number of likely N-dealkylation sites (N-methyl/N-ethyl adjacent to an activating group) is 1. The number of amides is 1. The minimum atomic E-state index is -3.48. The number of fused-ring (bicyclic) bond motifs is 1. The molecule has 2 rings (SSSR count). The molecule has 3 N–H and O–H groups in total. The second-order valence-corrected chi connectivity index (χ2v) is 6.99. The van der Waals surface area contributed by atoms with Crippen molar-refractivity contribution in [2.24, 2.45) is 0 Å². The summed E-state index contributed by atoms with van der Waals surface area (Å²) in [5.74, 6) is -0.0276. The maximum atomic E-state index is 12.2. The predicted octanol–water partition coefficient (Wildman–Crippen LogP) is -1.01. The van der Waals surface area contributed by atoms with Crippen LogP contribution in [0.2, 0.25) is 0 Å². The number of nitrogens with one attached hydrogen (secondary N) is 3. The number of hydrogen-bond acceptors (Lipinski definition) is 3. The fourth-order valence-corrected chi connectivity index (χ4v) is 3.13. The van der Waals surface area contributed by atoms with Gasteiger partial charge in [0, 0.05) is 12.1 Å². The lowest BCUT2D eigenvalue weighted by Gasteiger charge is -2.17. The van der Waals surface area contributed by atoms with Gasteiger partial charge in [0.2, 0.25) is 15.9 Å². The Hall–Kier alpha value is -1.44. The highest BCUT2D eigenvalue weighted by Gasteiger charge is 2.19. The molecule has 20 heavy (non-hydrogen) atoms. The summed E-state index contributed by atoms with van der Waals surface area (Å²) in [5, 5.41) is 2.74. The van der Waals surface area contributed by atoms with Gasteiger partial charge in [-0.05, 0) is 30.2 Å². The molecule has 0 radical (unpaired) electrons. The average molecular weight is 298 g/mol. The standard InChI is InChI=1S/C13H19N3O3S/c1-16(2)8-7-14-20(18,19)11-4-5-12-10(9-11)3-6-13(17)15-12/h4-5,9,14H,3,6-8H2,1-2H3,(H,15,17)/p+1. The normalized spacial score (nSPS) is 15.1. The first-order chi connectivity index (χ1) is 9.38. The van der Waals surface area contributed by atoms with E-state index in [4.69, 9.17) is 0 Å². The van der Waals surface area contributed by atoms with Crippen LogP contribution in [0.25, 0.3) is 0 Å². The van der Waals surface area contributed by atoms with Crippen LogP contribution in [-0.2, 0) is 21.2 Å². The first-order valence-corrected chi connectivity index (χ1v) is 8.08. The summed E-state index contributed by atoms with van der Waals surface area (Å²) >= 11 is 0. The Morgan fingerprint density at radius 2 is 2.05 bits per heavy atom. The van der Waals surface area contributed by atoms with Crippen molar-refractivity contribution in [2.45, 2.75) is 17.7 Å². The summed E-state index contributed by atoms with van der Waals surface area (Å²) in [5.41, 5.74) is 1.57. The average Bonchev–Trinajstić information content (AvgIpc) is 2.37. The van der Waals surface area contributed by atoms with E-state index in [1.807, 2.05) is 14.1 Å². The highest BCUT2D eigenvalue weighted by molar-refractivity contribution is 7.89. The zero-order valence-electron chi connectivity index (χ0n) is 11.7. The van der Waals surface area contributed by atoms with Crippen molar-refractivity contribution in [2.75, 3.05) is 32.5 Å². The van der Waals surface area contributed by atoms with Gasteiger partial charge in [0.1, 0.15) is 0 Å². The van der Waals surface area contributed by atoms with Gasteiger partial charge in [-0.3, -0.25) is 4.79 Å². The first-order valence-electron chi connectivity index (χ1n) is 6.60. The van der Waals surface area contributed by atoms with Gasteiger partial charge in [-0.2, -0.15) is 0 Å². The lowest BCUT2D eigenvalue weighted by molar-refractivity contribution is -0.856. The number of rotatable bonds is 5. The molecule has 0 unspecified atom stereocenters. The van der Waals surface area contributed by atoms with E-state index < -0.39 is 10.0 Å². The summed E-state index contributed by atoms with van der Waals surface area (Å²) in [6.45, 7) is 1.12. The van der Waals surface area contributed by atoms with Crippen molar-refractivity contribution in [3.05, 3.63) is 23.8 Å². The van der Waals surface area contributed by atoms with Gasteiger partial charge >= 0.3 is 0 Å². The Bertz CT molecular complexity index is 611. The minimum Gasteiger partial charge on any atom is -0.339 e. The highest BCUT2D eigenvalue weighted by Crippen LogP contribution is 2.25. The van der Waals surface area contributed by atoms with Crippen LogP contribution in [0.15, 0.2) is 23.1 Å². The van der Waals surface area contributed by atoms with Crippen molar-refractivity contribution in [1.29, 1.82) is 0 Å². The van der Waals surface area contributed by atoms with Crippen molar-refractivity contribution >= 4 is 21.6 Å². The fraction of sp³-hybridized carbons (Fsp3) is 0.462. The van der Waals surface area contributed by atoms with Gasteiger partial charge in [-0.15, -0.1) is 0 Å². The number of carbonyl (C=O) groups is 1. The Kier molecular flexibility index (Phi) is 4.42. The highest BCUT2D eigenvalue weighted by atomic mass is 32.2. The van der Waals surface area contributed by atoms with E-state index in [9.17, 15) is 13.2 Å². The number of sulfonamides is 1. The minimum absolute atomic E-state index is 0.0276. The molecule has 1 aliphatic heterocycles. The summed E-state index contributed by atoms with van der Waals surface area (Å²) < 4.78 is 26.9. The SMILES string of the molecule is C[NH+](C)CCNS(=O)(=O)c1ccc2c(c1)CCC(=O)N2. The van der Waals surface area contributed by atoms with Crippen LogP contribution in [0.5, 0.6) is 0 Å². The van der Waals surface area contributed by atoms with Gasteiger partial charge in [-0.1, -0.05) is 0 Å². The van der Waals surface area contributed by atoms with E-state index in [0.717, 1.165) is 12.1 Å². The Balaban J connectivity index is 2.14. The lowest BCUT2D eigenvalue weighted by Crippen LogP contribution is -3.06. The molecular weight excluding hydrogens is 278 g/mol. The van der Waals surface area contributed by atoms with Gasteiger partial charge < -0.3 is 10.2 Å². The molecule has 1 heterocycles. The second-order valence-electron chi connectivity index (χ2n) is 5.22. The molecule has 0 saturated carbocycles. The summed E-state index contributed by atoms with van der Waals surface area (Å²) in [7, 11) is 0.457. The maximum absolute atomic E-state index is 12.2. The molecule has 0 aliphatic carbocycles. The van der Waals surface area contributed by atoms with Crippen LogP contribution in [0, 0.1) is 0 Å². The first kappa shape index (κ1) is 15.0. The van der Waals surface area contributed by atoms with E-state index in [0.29, 0.717) is 25.1 Å². The van der Waals surface area contributed by atoms with E-state index in [2.05, 4.69) is 10.0 Å². The molecule has 1 aromatic carbocycles.